The van der Waals surface area contributed by atoms with E-state index in [0.717, 1.165) is 44.1 Å². The molecule has 2 unspecified atom stereocenters. The molecule has 0 aromatic carbocycles. The van der Waals surface area contributed by atoms with Crippen LogP contribution in [0.4, 0.5) is 0 Å². The van der Waals surface area contributed by atoms with Gasteiger partial charge in [0.25, 0.3) is 0 Å². The van der Waals surface area contributed by atoms with Gasteiger partial charge in [-0.05, 0) is 57.3 Å². The Hall–Kier alpha value is -9.96. The van der Waals surface area contributed by atoms with Crippen LogP contribution < -0.4 is 28.3 Å². The highest BCUT2D eigenvalue weighted by Crippen LogP contribution is 2.25. The Morgan fingerprint density at radius 2 is 0.669 bits per heavy atom. The Balaban J connectivity index is 1.51. The minimum Gasteiger partial charge on any atom is -0.390 e. The van der Waals surface area contributed by atoms with Gasteiger partial charge in [-0.2, -0.15) is 11.8 Å². The number of thioether (sulfide) groups is 1. The summed E-state index contributed by atoms with van der Waals surface area (Å²) in [5.41, 5.74) is 23.6. The number of aliphatic hydroxyl groups is 1. The molecule has 0 bridgehead atoms. The lowest BCUT2D eigenvalue weighted by molar-refractivity contribution is -0.149. The Morgan fingerprint density at radius 1 is 0.374 bits per heavy atom. The number of hydrogen-bond acceptors (Lipinski definition) is 31. The van der Waals surface area contributed by atoms with Crippen LogP contribution in [-0.4, -0.2) is 538 Å². The number of primary amides is 1. The van der Waals surface area contributed by atoms with Gasteiger partial charge in [-0.25, -0.2) is 0 Å². The molecule has 4 aliphatic heterocycles. The molecule has 0 radical (unpaired) electrons. The minimum absolute atomic E-state index is 0.00292. The zero-order chi connectivity index (χ0) is 103. The van der Waals surface area contributed by atoms with Crippen LogP contribution in [0.5, 0.6) is 0 Å². The van der Waals surface area contributed by atoms with Gasteiger partial charge in [0.1, 0.15) is 0 Å². The number of aliphatic hydroxyl groups excluding tert-OH is 1. The smallest absolute Gasteiger partial charge is 0.242 e. The molecule has 2 atom stereocenters. The monoisotopic (exact) mass is 2000 g/mol. The van der Waals surface area contributed by atoms with Crippen molar-refractivity contribution < 1.29 is 129 Å². The largest absolute Gasteiger partial charge is 0.390 e. The van der Waals surface area contributed by atoms with Gasteiger partial charge in [0.15, 0.2) is 0 Å². The minimum atomic E-state index is -0.815. The van der Waals surface area contributed by atoms with Gasteiger partial charge in [-0.15, -0.1) is 0 Å². The molecule has 4 rings (SSSR count). The van der Waals surface area contributed by atoms with Gasteiger partial charge in [0, 0.05) is 250 Å². The molecule has 48 nitrogen and oxygen atoms in total. The summed E-state index contributed by atoms with van der Waals surface area (Å²) in [7, 11) is 8.22. The van der Waals surface area contributed by atoms with Gasteiger partial charge >= 0.3 is 0 Å². The molecular formula is C90H157N21O27S. The second-order valence-corrected chi connectivity index (χ2v) is 36.0. The SMILES string of the molecule is COCCN(CC(N)=O)C(=O)CN(CCCN1CCCC1=O)C(=O)CN(CCOC)C(=O)CN(CCN)C(=O)CN(CCOC)C(=O)CN(CCCN1CCCC1=O)C(=O)CN(CCOC)C(=O)CN(CCN)C(=O)CN(CCOC)C(=O)CN(CCCN1CCCC1=O)C(=O)CN(CCOC)C(=O)CN(CCN)C(=O)CCCCCNC(=O)CCN1C(=O)CC(CSCC(O)COCC(C)C)C1=O. The maximum absolute atomic E-state index is 15.0. The van der Waals surface area contributed by atoms with Crippen LogP contribution in [-0.2, 0) is 124 Å². The fraction of sp³-hybridized carbons (Fsp3) is 0.789. The third-order valence-corrected chi connectivity index (χ3v) is 24.8. The highest BCUT2D eigenvalue weighted by Gasteiger charge is 2.40. The van der Waals surface area contributed by atoms with Crippen LogP contribution in [0.3, 0.4) is 0 Å². The maximum Gasteiger partial charge on any atom is 0.242 e. The highest BCUT2D eigenvalue weighted by atomic mass is 32.2. The number of unbranched alkanes of at least 4 members (excludes halogenated alkanes) is 2. The standard InChI is InChI=1S/C90H157N21O27S/c1-69(2)65-138-66-71(112)68-139-67-70-52-78(119)111(90(70)131)36-22-73(114)95-26-11-9-10-18-77(118)102(37-23-91)57-87(128)106(41-47-133-4)60-80(121)100(34-16-31-97-28-13-20-75(97)116)55-85(126)109(44-50-136-7)63-83(124)104(39-25-93)59-89(130)108(43-49-135-6)62-81(122)101(35-17-32-98-29-14-21-76(98)117)56-86(127)110(45-51-137-8)64-82(123)103(38-24-92)58-88(129)107(42-48-134-5)61-79(120)99(33-15-30-96-27-12-19-74(96)115)54-84(125)105(40-46-132-3)53-72(94)113/h69-71,112H,9-68,91-93H2,1-8H3,(H2,94,113)(H,95,114). The molecule has 4 saturated heterocycles. The first-order valence-corrected chi connectivity index (χ1v) is 49.2. The lowest BCUT2D eigenvalue weighted by atomic mass is 10.1. The van der Waals surface area contributed by atoms with Crippen molar-refractivity contribution in [3.63, 3.8) is 0 Å². The van der Waals surface area contributed by atoms with E-state index in [1.54, 1.807) is 14.7 Å². The second-order valence-electron chi connectivity index (χ2n) is 34.9. The Kier molecular flexibility index (Phi) is 60.2. The predicted octanol–water partition coefficient (Wildman–Crippen LogP) is -6.58. The maximum atomic E-state index is 15.0. The summed E-state index contributed by atoms with van der Waals surface area (Å²) in [6, 6.07) is 0. The number of imide groups is 1. The highest BCUT2D eigenvalue weighted by molar-refractivity contribution is 7.99. The molecule has 790 valence electrons. The zero-order valence-corrected chi connectivity index (χ0v) is 83.9. The third-order valence-electron chi connectivity index (χ3n) is 23.5. The first-order chi connectivity index (χ1) is 66.6. The number of amides is 19. The van der Waals surface area contributed by atoms with Gasteiger partial charge in [-0.3, -0.25) is 96.0 Å². The summed E-state index contributed by atoms with van der Waals surface area (Å²) >= 11 is 1.36. The van der Waals surface area contributed by atoms with Crippen LogP contribution in [0.2, 0.25) is 0 Å². The van der Waals surface area contributed by atoms with E-state index in [1.807, 2.05) is 13.8 Å². The average Bonchev–Trinajstić information content (AvgIpc) is 1.72. The van der Waals surface area contributed by atoms with Crippen LogP contribution in [0.1, 0.15) is 110 Å². The molecule has 4 heterocycles. The number of carbonyl (C=O) groups is 19. The number of carbonyl (C=O) groups excluding carboxylic acids is 19. The van der Waals surface area contributed by atoms with Gasteiger partial charge < -0.3 is 140 Å². The number of likely N-dealkylation sites (tertiary alicyclic amines) is 4. The first kappa shape index (κ1) is 121. The van der Waals surface area contributed by atoms with Crippen molar-refractivity contribution in [1.29, 1.82) is 0 Å². The summed E-state index contributed by atoms with van der Waals surface area (Å²) in [4.78, 5) is 284. The molecule has 0 aromatic rings. The van der Waals surface area contributed by atoms with E-state index in [-0.39, 0.29) is 251 Å². The predicted molar refractivity (Wildman–Crippen MR) is 508 cm³/mol. The molecule has 49 heteroatoms. The summed E-state index contributed by atoms with van der Waals surface area (Å²) in [5, 5.41) is 13.0. The molecule has 139 heavy (non-hydrogen) atoms. The van der Waals surface area contributed by atoms with Crippen LogP contribution in [0.25, 0.3) is 0 Å². The van der Waals surface area contributed by atoms with Gasteiger partial charge in [0.2, 0.25) is 112 Å². The number of hydrogen-bond donors (Lipinski definition) is 6. The van der Waals surface area contributed by atoms with E-state index in [9.17, 15) is 91.4 Å². The summed E-state index contributed by atoms with van der Waals surface area (Å²) in [6.07, 6.45) is 3.98. The molecule has 19 amide bonds. The van der Waals surface area contributed by atoms with Crippen molar-refractivity contribution in [1.82, 2.24) is 83.7 Å². The quantitative estimate of drug-likeness (QED) is 0.0244. The number of methoxy groups -OCH3 is 6. The summed E-state index contributed by atoms with van der Waals surface area (Å²) in [6.45, 7) is -3.43. The molecule has 4 fully saturated rings. The van der Waals surface area contributed by atoms with E-state index in [0.29, 0.717) is 101 Å². The van der Waals surface area contributed by atoms with E-state index < -0.39 is 167 Å². The van der Waals surface area contributed by atoms with Gasteiger partial charge in [0.05, 0.1) is 137 Å². The molecule has 0 saturated carbocycles. The number of rotatable bonds is 77. The lowest BCUT2D eigenvalue weighted by Crippen LogP contribution is -2.54. The zero-order valence-electron chi connectivity index (χ0n) is 83.1. The molecule has 0 aliphatic carbocycles. The van der Waals surface area contributed by atoms with Crippen molar-refractivity contribution >= 4 is 124 Å². The molecular weight excluding hydrogens is 1840 g/mol. The van der Waals surface area contributed by atoms with Gasteiger partial charge in [-0.1, -0.05) is 20.3 Å². The topological polar surface area (TPSA) is 577 Å². The van der Waals surface area contributed by atoms with Crippen LogP contribution in [0, 0.1) is 11.8 Å². The van der Waals surface area contributed by atoms with Crippen molar-refractivity contribution in [2.24, 2.45) is 34.8 Å². The van der Waals surface area contributed by atoms with E-state index in [4.69, 9.17) is 56.1 Å². The fourth-order valence-corrected chi connectivity index (χ4v) is 16.7. The fourth-order valence-electron chi connectivity index (χ4n) is 15.7. The Bertz CT molecular complexity index is 3900. The number of nitrogens with two attached hydrogens (primary N) is 4. The van der Waals surface area contributed by atoms with Crippen molar-refractivity contribution in [2.75, 3.05) is 336 Å². The average molecular weight is 2000 g/mol. The Labute approximate surface area is 820 Å². The van der Waals surface area contributed by atoms with Crippen molar-refractivity contribution in [3.8, 4) is 0 Å². The van der Waals surface area contributed by atoms with E-state index in [1.165, 1.54) is 74.0 Å². The number of ether oxygens (including phenoxy) is 7. The molecule has 10 N–H and O–H groups in total. The lowest BCUT2D eigenvalue weighted by Gasteiger charge is -2.33. The summed E-state index contributed by atoms with van der Waals surface area (Å²) < 4.78 is 37.4. The number of nitrogens with one attached hydrogen (secondary N) is 1. The van der Waals surface area contributed by atoms with E-state index in [2.05, 4.69) is 5.32 Å². The Morgan fingerprint density at radius 3 is 0.950 bits per heavy atom. The van der Waals surface area contributed by atoms with Crippen molar-refractivity contribution in [3.05, 3.63) is 0 Å². The third kappa shape index (κ3) is 46.5. The molecule has 4 aliphatic rings. The first-order valence-electron chi connectivity index (χ1n) is 48.0. The normalized spacial score (nSPS) is 14.4. The van der Waals surface area contributed by atoms with Crippen LogP contribution in [0.15, 0.2) is 0 Å². The summed E-state index contributed by atoms with van der Waals surface area (Å²) in [5.74, 6) is -10.4. The second kappa shape index (κ2) is 69.0. The molecule has 0 spiro atoms. The van der Waals surface area contributed by atoms with E-state index >= 15 is 4.79 Å². The molecule has 0 aromatic heterocycles. The van der Waals surface area contributed by atoms with Crippen LogP contribution >= 0.6 is 11.8 Å². The van der Waals surface area contributed by atoms with Crippen molar-refractivity contribution in [2.45, 2.75) is 116 Å². The number of nitrogens with zero attached hydrogens (tertiary/aromatic N) is 16.